The van der Waals surface area contributed by atoms with Gasteiger partial charge in [0.1, 0.15) is 5.69 Å². The second kappa shape index (κ2) is 5.48. The van der Waals surface area contributed by atoms with Crippen LogP contribution in [-0.4, -0.2) is 32.3 Å². The maximum Gasteiger partial charge on any atom is 0.333 e. The van der Waals surface area contributed by atoms with Gasteiger partial charge in [-0.25, -0.2) is 4.68 Å². The van der Waals surface area contributed by atoms with Gasteiger partial charge in [0.2, 0.25) is 5.82 Å². The number of carboxylic acid groups (broad SMARTS) is 1. The molecule has 1 aliphatic carbocycles. The number of carbonyl (C=O) groups is 1. The van der Waals surface area contributed by atoms with Gasteiger partial charge >= 0.3 is 11.7 Å². The molecule has 8 nitrogen and oxygen atoms in total. The lowest BCUT2D eigenvalue weighted by atomic mass is 9.96. The zero-order valence-electron chi connectivity index (χ0n) is 11.5. The van der Waals surface area contributed by atoms with Crippen molar-refractivity contribution < 1.29 is 14.8 Å². The van der Waals surface area contributed by atoms with Crippen LogP contribution in [0.4, 0.5) is 11.5 Å². The molecule has 1 aromatic rings. The third kappa shape index (κ3) is 2.59. The minimum Gasteiger partial charge on any atom is -0.481 e. The molecule has 0 aliphatic heterocycles. The average Bonchev–Trinajstić information content (AvgIpc) is 2.90. The minimum absolute atomic E-state index is 0.00214. The SMILES string of the molecule is Cc1nn(C)c(NCC2CCCC2C(=O)O)c1[N+](=O)[O-]. The van der Waals surface area contributed by atoms with Gasteiger partial charge < -0.3 is 10.4 Å². The van der Waals surface area contributed by atoms with Crippen molar-refractivity contribution in [3.63, 3.8) is 0 Å². The monoisotopic (exact) mass is 282 g/mol. The number of hydrogen-bond donors (Lipinski definition) is 2. The molecule has 2 atom stereocenters. The summed E-state index contributed by atoms with van der Waals surface area (Å²) in [5.74, 6) is -0.813. The van der Waals surface area contributed by atoms with E-state index in [4.69, 9.17) is 5.11 Å². The molecule has 20 heavy (non-hydrogen) atoms. The number of nitrogens with one attached hydrogen (secondary N) is 1. The Morgan fingerprint density at radius 1 is 1.60 bits per heavy atom. The van der Waals surface area contributed by atoms with E-state index < -0.39 is 10.9 Å². The van der Waals surface area contributed by atoms with Gasteiger partial charge in [0, 0.05) is 13.6 Å². The lowest BCUT2D eigenvalue weighted by Crippen LogP contribution is -2.25. The number of hydrogen-bond acceptors (Lipinski definition) is 5. The van der Waals surface area contributed by atoms with E-state index in [1.54, 1.807) is 14.0 Å². The molecule has 1 saturated carbocycles. The molecule has 2 unspecified atom stereocenters. The van der Waals surface area contributed by atoms with Gasteiger partial charge in [0.05, 0.1) is 10.8 Å². The topological polar surface area (TPSA) is 110 Å². The predicted molar refractivity (Wildman–Crippen MR) is 71.6 cm³/mol. The summed E-state index contributed by atoms with van der Waals surface area (Å²) in [7, 11) is 1.63. The van der Waals surface area contributed by atoms with E-state index in [1.807, 2.05) is 0 Å². The van der Waals surface area contributed by atoms with Crippen LogP contribution in [0.1, 0.15) is 25.0 Å². The summed E-state index contributed by atoms with van der Waals surface area (Å²) in [5.41, 5.74) is 0.304. The Morgan fingerprint density at radius 2 is 2.30 bits per heavy atom. The molecule has 0 amide bonds. The normalized spacial score (nSPS) is 21.9. The predicted octanol–water partition coefficient (Wildman–Crippen LogP) is 1.55. The van der Waals surface area contributed by atoms with E-state index in [1.165, 1.54) is 4.68 Å². The number of aliphatic carboxylic acids is 1. The summed E-state index contributed by atoms with van der Waals surface area (Å²) in [6.07, 6.45) is 2.39. The Balaban J connectivity index is 2.11. The first-order chi connectivity index (χ1) is 9.41. The molecule has 0 bridgehead atoms. The van der Waals surface area contributed by atoms with Crippen molar-refractivity contribution in [1.29, 1.82) is 0 Å². The van der Waals surface area contributed by atoms with Crippen molar-refractivity contribution in [3.05, 3.63) is 15.8 Å². The Labute approximate surface area is 115 Å². The van der Waals surface area contributed by atoms with Gasteiger partial charge in [-0.3, -0.25) is 14.9 Å². The van der Waals surface area contributed by atoms with Crippen LogP contribution in [0.15, 0.2) is 0 Å². The van der Waals surface area contributed by atoms with Gasteiger partial charge in [0.15, 0.2) is 0 Å². The number of rotatable bonds is 5. The third-order valence-electron chi connectivity index (χ3n) is 3.88. The summed E-state index contributed by atoms with van der Waals surface area (Å²) in [6, 6.07) is 0. The van der Waals surface area contributed by atoms with E-state index in [0.29, 0.717) is 24.5 Å². The third-order valence-corrected chi connectivity index (χ3v) is 3.88. The lowest BCUT2D eigenvalue weighted by molar-refractivity contribution is -0.384. The first-order valence-electron chi connectivity index (χ1n) is 6.56. The fourth-order valence-electron chi connectivity index (χ4n) is 2.90. The molecule has 8 heteroatoms. The standard InChI is InChI=1S/C12H18N4O4/c1-7-10(16(19)20)11(15(2)14-7)13-6-8-4-3-5-9(8)12(17)18/h8-9,13H,3-6H2,1-2H3,(H,17,18). The van der Waals surface area contributed by atoms with Gasteiger partial charge in [-0.1, -0.05) is 6.42 Å². The number of nitro groups is 1. The number of carboxylic acids is 1. The molecule has 1 aliphatic rings. The highest BCUT2D eigenvalue weighted by Crippen LogP contribution is 2.33. The van der Waals surface area contributed by atoms with E-state index in [9.17, 15) is 14.9 Å². The first-order valence-corrected chi connectivity index (χ1v) is 6.56. The maximum absolute atomic E-state index is 11.1. The quantitative estimate of drug-likeness (QED) is 0.626. The summed E-state index contributed by atoms with van der Waals surface area (Å²) in [4.78, 5) is 21.7. The van der Waals surface area contributed by atoms with Crippen molar-refractivity contribution in [3.8, 4) is 0 Å². The molecule has 0 saturated heterocycles. The van der Waals surface area contributed by atoms with Crippen LogP contribution in [0.3, 0.4) is 0 Å². The summed E-state index contributed by atoms with van der Waals surface area (Å²) >= 11 is 0. The van der Waals surface area contributed by atoms with Crippen molar-refractivity contribution in [2.24, 2.45) is 18.9 Å². The van der Waals surface area contributed by atoms with Crippen LogP contribution in [0.25, 0.3) is 0 Å². The highest BCUT2D eigenvalue weighted by atomic mass is 16.6. The number of nitrogens with zero attached hydrogens (tertiary/aromatic N) is 3. The molecule has 1 aromatic heterocycles. The lowest BCUT2D eigenvalue weighted by Gasteiger charge is -2.16. The Kier molecular flexibility index (Phi) is 3.91. The Hall–Kier alpha value is -2.12. The highest BCUT2D eigenvalue weighted by Gasteiger charge is 2.33. The highest BCUT2D eigenvalue weighted by molar-refractivity contribution is 5.71. The van der Waals surface area contributed by atoms with Gasteiger partial charge in [-0.2, -0.15) is 5.10 Å². The zero-order valence-corrected chi connectivity index (χ0v) is 11.5. The minimum atomic E-state index is -0.787. The molecule has 0 aromatic carbocycles. The van der Waals surface area contributed by atoms with Crippen LogP contribution < -0.4 is 5.32 Å². The number of aromatic nitrogens is 2. The van der Waals surface area contributed by atoms with Crippen molar-refractivity contribution >= 4 is 17.5 Å². The molecule has 0 spiro atoms. The molecule has 1 heterocycles. The smallest absolute Gasteiger partial charge is 0.333 e. The van der Waals surface area contributed by atoms with E-state index in [2.05, 4.69) is 10.4 Å². The molecule has 2 N–H and O–H groups in total. The van der Waals surface area contributed by atoms with Crippen LogP contribution in [0, 0.1) is 28.9 Å². The van der Waals surface area contributed by atoms with E-state index in [-0.39, 0.29) is 17.5 Å². The second-order valence-corrected chi connectivity index (χ2v) is 5.18. The first kappa shape index (κ1) is 14.3. The summed E-state index contributed by atoms with van der Waals surface area (Å²) < 4.78 is 1.43. The fraction of sp³-hybridized carbons (Fsp3) is 0.667. The molecule has 1 fully saturated rings. The number of aryl methyl sites for hydroxylation is 2. The second-order valence-electron chi connectivity index (χ2n) is 5.18. The Bertz CT molecular complexity index is 540. The molecular formula is C12H18N4O4. The average molecular weight is 282 g/mol. The largest absolute Gasteiger partial charge is 0.481 e. The number of anilines is 1. The molecular weight excluding hydrogens is 264 g/mol. The van der Waals surface area contributed by atoms with Crippen LogP contribution in [0.2, 0.25) is 0 Å². The van der Waals surface area contributed by atoms with Gasteiger partial charge in [-0.05, 0) is 25.7 Å². The van der Waals surface area contributed by atoms with Crippen molar-refractivity contribution in [1.82, 2.24) is 9.78 Å². The van der Waals surface area contributed by atoms with Crippen molar-refractivity contribution in [2.45, 2.75) is 26.2 Å². The van der Waals surface area contributed by atoms with E-state index >= 15 is 0 Å². The Morgan fingerprint density at radius 3 is 2.90 bits per heavy atom. The van der Waals surface area contributed by atoms with Gasteiger partial charge in [0.25, 0.3) is 0 Å². The summed E-state index contributed by atoms with van der Waals surface area (Å²) in [6.45, 7) is 2.00. The maximum atomic E-state index is 11.1. The molecule has 110 valence electrons. The molecule has 2 rings (SSSR count). The fourth-order valence-corrected chi connectivity index (χ4v) is 2.90. The zero-order chi connectivity index (χ0) is 14.9. The molecule has 0 radical (unpaired) electrons. The summed E-state index contributed by atoms with van der Waals surface area (Å²) in [5, 5.41) is 27.2. The van der Waals surface area contributed by atoms with E-state index in [0.717, 1.165) is 12.8 Å². The van der Waals surface area contributed by atoms with Crippen LogP contribution >= 0.6 is 0 Å². The van der Waals surface area contributed by atoms with Gasteiger partial charge in [-0.15, -0.1) is 0 Å². The van der Waals surface area contributed by atoms with Crippen LogP contribution in [0.5, 0.6) is 0 Å². The van der Waals surface area contributed by atoms with Crippen molar-refractivity contribution in [2.75, 3.05) is 11.9 Å². The van der Waals surface area contributed by atoms with Crippen LogP contribution in [-0.2, 0) is 11.8 Å².